The molecule has 0 heterocycles. The first kappa shape index (κ1) is 6.97. The molecule has 4 unspecified atom stereocenters. The summed E-state index contributed by atoms with van der Waals surface area (Å²) in [5, 5.41) is 0. The zero-order valence-electron chi connectivity index (χ0n) is 6.52. The number of rotatable bonds is 1. The lowest BCUT2D eigenvalue weighted by Gasteiger charge is -2.26. The second-order valence-electron chi connectivity index (χ2n) is 4.12. The van der Waals surface area contributed by atoms with Crippen molar-refractivity contribution in [3.8, 4) is 0 Å². The van der Waals surface area contributed by atoms with Crippen molar-refractivity contribution in [2.24, 2.45) is 23.7 Å². The van der Waals surface area contributed by atoms with Crippen LogP contribution in [0.1, 0.15) is 26.2 Å². The zero-order chi connectivity index (χ0) is 7.14. The van der Waals surface area contributed by atoms with Crippen LogP contribution in [0.4, 0.5) is 0 Å². The van der Waals surface area contributed by atoms with Gasteiger partial charge >= 0.3 is 0 Å². The van der Waals surface area contributed by atoms with Crippen LogP contribution in [0.2, 0.25) is 0 Å². The fourth-order valence-electron chi connectivity index (χ4n) is 2.39. The Labute approximate surface area is 68.0 Å². The Morgan fingerprint density at radius 2 is 1.90 bits per heavy atom. The van der Waals surface area contributed by atoms with Gasteiger partial charge in [0.2, 0.25) is 0 Å². The Morgan fingerprint density at radius 3 is 2.60 bits per heavy atom. The Kier molecular flexibility index (Phi) is 1.68. The molecule has 0 N–H and O–H groups in total. The zero-order valence-corrected chi connectivity index (χ0v) is 7.27. The highest BCUT2D eigenvalue weighted by Gasteiger charge is 2.44. The summed E-state index contributed by atoms with van der Waals surface area (Å²) in [6.07, 6.45) is 4.40. The normalized spacial score (nSPS) is 52.2. The van der Waals surface area contributed by atoms with Gasteiger partial charge in [-0.3, -0.25) is 0 Å². The van der Waals surface area contributed by atoms with Crippen LogP contribution >= 0.6 is 11.6 Å². The molecule has 10 heavy (non-hydrogen) atoms. The summed E-state index contributed by atoms with van der Waals surface area (Å²) in [6.45, 7) is 2.36. The Bertz CT molecular complexity index is 133. The average Bonchev–Trinajstić information content (AvgIpc) is 2.64. The first-order valence-electron chi connectivity index (χ1n) is 4.37. The van der Waals surface area contributed by atoms with Gasteiger partial charge in [0.25, 0.3) is 0 Å². The van der Waals surface area contributed by atoms with Gasteiger partial charge in [0.15, 0.2) is 0 Å². The van der Waals surface area contributed by atoms with E-state index < -0.39 is 0 Å². The summed E-state index contributed by atoms with van der Waals surface area (Å²) in [4.78, 5) is 0. The highest BCUT2D eigenvalue weighted by atomic mass is 35.5. The second kappa shape index (κ2) is 2.41. The van der Waals surface area contributed by atoms with Crippen molar-refractivity contribution in [2.45, 2.75) is 26.2 Å². The van der Waals surface area contributed by atoms with Gasteiger partial charge in [0, 0.05) is 5.88 Å². The third-order valence-corrected chi connectivity index (χ3v) is 3.75. The van der Waals surface area contributed by atoms with E-state index in [1.165, 1.54) is 19.3 Å². The highest BCUT2D eigenvalue weighted by Crippen LogP contribution is 2.53. The Hall–Kier alpha value is 0.290. The standard InChI is InChI=1S/C9H15Cl/c1-6-2-7-3-8(7)4-9(6)5-10/h6-9H,2-5H2,1H3. The summed E-state index contributed by atoms with van der Waals surface area (Å²) in [5.41, 5.74) is 0. The fourth-order valence-corrected chi connectivity index (χ4v) is 2.82. The van der Waals surface area contributed by atoms with Crippen LogP contribution in [0.25, 0.3) is 0 Å². The molecule has 58 valence electrons. The molecule has 0 aromatic rings. The summed E-state index contributed by atoms with van der Waals surface area (Å²) in [6, 6.07) is 0. The highest BCUT2D eigenvalue weighted by molar-refractivity contribution is 6.18. The molecule has 0 amide bonds. The van der Waals surface area contributed by atoms with E-state index in [1.807, 2.05) is 0 Å². The molecule has 0 aromatic heterocycles. The third-order valence-electron chi connectivity index (χ3n) is 3.35. The van der Waals surface area contributed by atoms with Crippen molar-refractivity contribution in [3.05, 3.63) is 0 Å². The van der Waals surface area contributed by atoms with Crippen molar-refractivity contribution < 1.29 is 0 Å². The molecule has 1 heteroatoms. The van der Waals surface area contributed by atoms with Crippen molar-refractivity contribution >= 4 is 11.6 Å². The predicted octanol–water partition coefficient (Wildman–Crippen LogP) is 2.91. The second-order valence-corrected chi connectivity index (χ2v) is 4.43. The van der Waals surface area contributed by atoms with Gasteiger partial charge in [-0.05, 0) is 42.9 Å². The van der Waals surface area contributed by atoms with Crippen LogP contribution in [0, 0.1) is 23.7 Å². The average molecular weight is 159 g/mol. The van der Waals surface area contributed by atoms with E-state index in [1.54, 1.807) is 0 Å². The van der Waals surface area contributed by atoms with Gasteiger partial charge in [-0.25, -0.2) is 0 Å². The number of hydrogen-bond acceptors (Lipinski definition) is 0. The molecule has 2 aliphatic carbocycles. The van der Waals surface area contributed by atoms with Gasteiger partial charge in [0.1, 0.15) is 0 Å². The van der Waals surface area contributed by atoms with Crippen LogP contribution in [-0.2, 0) is 0 Å². The van der Waals surface area contributed by atoms with Gasteiger partial charge < -0.3 is 0 Å². The van der Waals surface area contributed by atoms with E-state index in [-0.39, 0.29) is 0 Å². The van der Waals surface area contributed by atoms with Gasteiger partial charge in [0.05, 0.1) is 0 Å². The monoisotopic (exact) mass is 158 g/mol. The minimum absolute atomic E-state index is 0.838. The maximum Gasteiger partial charge on any atom is 0.0254 e. The van der Waals surface area contributed by atoms with Gasteiger partial charge in [-0.15, -0.1) is 11.6 Å². The Morgan fingerprint density at radius 1 is 1.20 bits per heavy atom. The summed E-state index contributed by atoms with van der Waals surface area (Å²) < 4.78 is 0. The third kappa shape index (κ3) is 1.07. The fraction of sp³-hybridized carbons (Fsp3) is 1.00. The summed E-state index contributed by atoms with van der Waals surface area (Å²) >= 11 is 5.86. The first-order valence-corrected chi connectivity index (χ1v) is 4.90. The van der Waals surface area contributed by atoms with E-state index >= 15 is 0 Å². The van der Waals surface area contributed by atoms with Crippen LogP contribution in [0.3, 0.4) is 0 Å². The molecule has 0 radical (unpaired) electrons. The molecule has 2 rings (SSSR count). The summed E-state index contributed by atoms with van der Waals surface area (Å²) in [7, 11) is 0. The molecule has 0 nitrogen and oxygen atoms in total. The van der Waals surface area contributed by atoms with E-state index in [0.29, 0.717) is 0 Å². The molecule has 0 bridgehead atoms. The lowest BCUT2D eigenvalue weighted by Crippen LogP contribution is -2.19. The summed E-state index contributed by atoms with van der Waals surface area (Å²) in [5.74, 6) is 4.82. The van der Waals surface area contributed by atoms with Gasteiger partial charge in [-0.1, -0.05) is 6.92 Å². The van der Waals surface area contributed by atoms with Crippen LogP contribution in [0.5, 0.6) is 0 Å². The quantitative estimate of drug-likeness (QED) is 0.515. The SMILES string of the molecule is CC1CC2CC2CC1CCl. The molecular weight excluding hydrogens is 144 g/mol. The van der Waals surface area contributed by atoms with Crippen LogP contribution < -0.4 is 0 Å². The smallest absolute Gasteiger partial charge is 0.0254 e. The minimum Gasteiger partial charge on any atom is -0.126 e. The van der Waals surface area contributed by atoms with Crippen molar-refractivity contribution in [3.63, 3.8) is 0 Å². The lowest BCUT2D eigenvalue weighted by atomic mass is 9.82. The number of hydrogen-bond donors (Lipinski definition) is 0. The van der Waals surface area contributed by atoms with E-state index in [9.17, 15) is 0 Å². The lowest BCUT2D eigenvalue weighted by molar-refractivity contribution is 0.268. The van der Waals surface area contributed by atoms with E-state index in [0.717, 1.165) is 29.6 Å². The Balaban J connectivity index is 1.94. The van der Waals surface area contributed by atoms with Crippen LogP contribution in [0.15, 0.2) is 0 Å². The van der Waals surface area contributed by atoms with Gasteiger partial charge in [-0.2, -0.15) is 0 Å². The maximum absolute atomic E-state index is 5.86. The molecule has 2 saturated carbocycles. The molecule has 4 atom stereocenters. The topological polar surface area (TPSA) is 0 Å². The molecule has 0 aromatic carbocycles. The minimum atomic E-state index is 0.838. The predicted molar refractivity (Wildman–Crippen MR) is 44.2 cm³/mol. The molecule has 0 saturated heterocycles. The van der Waals surface area contributed by atoms with E-state index in [4.69, 9.17) is 11.6 Å². The molecule has 0 spiro atoms. The molecule has 2 fully saturated rings. The molecule has 0 aliphatic heterocycles. The number of alkyl halides is 1. The van der Waals surface area contributed by atoms with Crippen LogP contribution in [-0.4, -0.2) is 5.88 Å². The van der Waals surface area contributed by atoms with Crippen molar-refractivity contribution in [2.75, 3.05) is 5.88 Å². The van der Waals surface area contributed by atoms with Crippen molar-refractivity contribution in [1.29, 1.82) is 0 Å². The number of halogens is 1. The molecular formula is C9H15Cl. The first-order chi connectivity index (χ1) is 4.81. The largest absolute Gasteiger partial charge is 0.126 e. The van der Waals surface area contributed by atoms with E-state index in [2.05, 4.69) is 6.92 Å². The van der Waals surface area contributed by atoms with Crippen molar-refractivity contribution in [1.82, 2.24) is 0 Å². The number of fused-ring (bicyclic) bond motifs is 1. The molecule has 2 aliphatic rings. The maximum atomic E-state index is 5.86.